The van der Waals surface area contributed by atoms with Gasteiger partial charge in [-0.3, -0.25) is 9.89 Å². The summed E-state index contributed by atoms with van der Waals surface area (Å²) in [5.41, 5.74) is 0.658. The Hall–Kier alpha value is -1.93. The van der Waals surface area contributed by atoms with Crippen LogP contribution in [0.25, 0.3) is 0 Å². The SMILES string of the molecule is CN=C(NCc1ccccc1OC(F)F)NCC(C(C)C)N1CCN(C)CC1. The molecule has 2 rings (SSSR count). The normalized spacial score (nSPS) is 17.8. The van der Waals surface area contributed by atoms with E-state index in [2.05, 4.69) is 51.1 Å². The van der Waals surface area contributed by atoms with Gasteiger partial charge in [0, 0.05) is 57.9 Å². The number of hydrogen-bond donors (Lipinski definition) is 2. The molecule has 6 nitrogen and oxygen atoms in total. The summed E-state index contributed by atoms with van der Waals surface area (Å²) in [5, 5.41) is 6.58. The summed E-state index contributed by atoms with van der Waals surface area (Å²) >= 11 is 0. The molecule has 1 atom stereocenters. The van der Waals surface area contributed by atoms with Crippen molar-refractivity contribution in [3.05, 3.63) is 29.8 Å². The number of nitrogens with one attached hydrogen (secondary N) is 2. The Balaban J connectivity index is 1.90. The summed E-state index contributed by atoms with van der Waals surface area (Å²) in [6.07, 6.45) is 0. The van der Waals surface area contributed by atoms with Gasteiger partial charge in [0.2, 0.25) is 0 Å². The molecular formula is C20H33F2N5O. The highest BCUT2D eigenvalue weighted by Crippen LogP contribution is 2.20. The van der Waals surface area contributed by atoms with Crippen LogP contribution in [0.5, 0.6) is 5.75 Å². The van der Waals surface area contributed by atoms with Gasteiger partial charge < -0.3 is 20.3 Å². The molecule has 0 saturated carbocycles. The highest BCUT2D eigenvalue weighted by molar-refractivity contribution is 5.79. The van der Waals surface area contributed by atoms with Crippen LogP contribution in [0, 0.1) is 5.92 Å². The van der Waals surface area contributed by atoms with Crippen molar-refractivity contribution in [3.63, 3.8) is 0 Å². The fourth-order valence-electron chi connectivity index (χ4n) is 3.40. The Labute approximate surface area is 166 Å². The third kappa shape index (κ3) is 6.91. The van der Waals surface area contributed by atoms with Gasteiger partial charge in [0.15, 0.2) is 5.96 Å². The predicted octanol–water partition coefficient (Wildman–Crippen LogP) is 2.22. The van der Waals surface area contributed by atoms with E-state index in [1.54, 1.807) is 31.3 Å². The molecule has 1 aliphatic heterocycles. The van der Waals surface area contributed by atoms with E-state index in [4.69, 9.17) is 0 Å². The number of rotatable bonds is 8. The summed E-state index contributed by atoms with van der Waals surface area (Å²) in [6.45, 7) is 7.04. The average Bonchev–Trinajstić information content (AvgIpc) is 2.66. The number of nitrogens with zero attached hydrogens (tertiary/aromatic N) is 3. The maximum atomic E-state index is 12.6. The third-order valence-electron chi connectivity index (χ3n) is 5.11. The van der Waals surface area contributed by atoms with Crippen LogP contribution in [0.4, 0.5) is 8.78 Å². The number of likely N-dealkylation sites (N-methyl/N-ethyl adjacent to an activating group) is 1. The molecule has 0 spiro atoms. The first-order chi connectivity index (χ1) is 13.4. The van der Waals surface area contributed by atoms with Gasteiger partial charge in [-0.25, -0.2) is 0 Å². The summed E-state index contributed by atoms with van der Waals surface area (Å²) in [4.78, 5) is 9.13. The molecule has 1 aromatic carbocycles. The van der Waals surface area contributed by atoms with E-state index in [0.717, 1.165) is 32.7 Å². The van der Waals surface area contributed by atoms with Crippen molar-refractivity contribution in [3.8, 4) is 5.75 Å². The lowest BCUT2D eigenvalue weighted by atomic mass is 10.0. The van der Waals surface area contributed by atoms with Crippen LogP contribution in [0.1, 0.15) is 19.4 Å². The van der Waals surface area contributed by atoms with Crippen LogP contribution in [0.2, 0.25) is 0 Å². The van der Waals surface area contributed by atoms with Gasteiger partial charge in [-0.1, -0.05) is 32.0 Å². The van der Waals surface area contributed by atoms with E-state index in [0.29, 0.717) is 30.0 Å². The lowest BCUT2D eigenvalue weighted by molar-refractivity contribution is -0.0504. The molecule has 0 bridgehead atoms. The number of halogens is 2. The molecule has 1 aliphatic rings. The molecular weight excluding hydrogens is 364 g/mol. The number of alkyl halides is 2. The number of aliphatic imine (C=N–C) groups is 1. The fraction of sp³-hybridized carbons (Fsp3) is 0.650. The van der Waals surface area contributed by atoms with Gasteiger partial charge in [-0.2, -0.15) is 8.78 Å². The minimum atomic E-state index is -2.84. The number of benzene rings is 1. The molecule has 0 amide bonds. The second kappa shape index (κ2) is 11.2. The van der Waals surface area contributed by atoms with Crippen molar-refractivity contribution < 1.29 is 13.5 Å². The Bertz CT molecular complexity index is 618. The van der Waals surface area contributed by atoms with Crippen LogP contribution < -0.4 is 15.4 Å². The van der Waals surface area contributed by atoms with Gasteiger partial charge >= 0.3 is 6.61 Å². The quantitative estimate of drug-likeness (QED) is 0.520. The van der Waals surface area contributed by atoms with Crippen LogP contribution >= 0.6 is 0 Å². The van der Waals surface area contributed by atoms with Gasteiger partial charge in [0.25, 0.3) is 0 Å². The molecule has 1 saturated heterocycles. The summed E-state index contributed by atoms with van der Waals surface area (Å²) < 4.78 is 29.7. The minimum Gasteiger partial charge on any atom is -0.434 e. The second-order valence-electron chi connectivity index (χ2n) is 7.44. The van der Waals surface area contributed by atoms with Crippen molar-refractivity contribution in [2.45, 2.75) is 33.0 Å². The van der Waals surface area contributed by atoms with Gasteiger partial charge in [-0.15, -0.1) is 0 Å². The maximum Gasteiger partial charge on any atom is 0.387 e. The zero-order valence-corrected chi connectivity index (χ0v) is 17.3. The van der Waals surface area contributed by atoms with E-state index in [1.165, 1.54) is 0 Å². The second-order valence-corrected chi connectivity index (χ2v) is 7.44. The van der Waals surface area contributed by atoms with Crippen LogP contribution in [0.15, 0.2) is 29.3 Å². The van der Waals surface area contributed by atoms with E-state index in [1.807, 2.05) is 0 Å². The van der Waals surface area contributed by atoms with Crippen molar-refractivity contribution in [2.24, 2.45) is 10.9 Å². The van der Waals surface area contributed by atoms with Gasteiger partial charge in [-0.05, 0) is 19.0 Å². The van der Waals surface area contributed by atoms with Gasteiger partial charge in [0.1, 0.15) is 5.75 Å². The van der Waals surface area contributed by atoms with Crippen LogP contribution in [-0.2, 0) is 6.54 Å². The highest BCUT2D eigenvalue weighted by Gasteiger charge is 2.25. The molecule has 158 valence electrons. The molecule has 0 aliphatic carbocycles. The molecule has 2 N–H and O–H groups in total. The Morgan fingerprint density at radius 3 is 2.43 bits per heavy atom. The monoisotopic (exact) mass is 397 g/mol. The summed E-state index contributed by atoms with van der Waals surface area (Å²) in [5.74, 6) is 1.33. The molecule has 1 heterocycles. The minimum absolute atomic E-state index is 0.179. The van der Waals surface area contributed by atoms with E-state index < -0.39 is 6.61 Å². The Morgan fingerprint density at radius 1 is 1.14 bits per heavy atom. The van der Waals surface area contributed by atoms with Gasteiger partial charge in [0.05, 0.1) is 0 Å². The fourth-order valence-corrected chi connectivity index (χ4v) is 3.40. The zero-order valence-electron chi connectivity index (χ0n) is 17.3. The van der Waals surface area contributed by atoms with Crippen molar-refractivity contribution in [1.29, 1.82) is 0 Å². The molecule has 0 aromatic heterocycles. The highest BCUT2D eigenvalue weighted by atomic mass is 19.3. The van der Waals surface area contributed by atoms with Crippen molar-refractivity contribution >= 4 is 5.96 Å². The van der Waals surface area contributed by atoms with E-state index >= 15 is 0 Å². The van der Waals surface area contributed by atoms with Crippen LogP contribution in [-0.4, -0.2) is 75.2 Å². The Kier molecular flexibility index (Phi) is 8.92. The van der Waals surface area contributed by atoms with Crippen molar-refractivity contribution in [2.75, 3.05) is 46.8 Å². The lowest BCUT2D eigenvalue weighted by Crippen LogP contribution is -2.55. The van der Waals surface area contributed by atoms with Crippen LogP contribution in [0.3, 0.4) is 0 Å². The first-order valence-electron chi connectivity index (χ1n) is 9.80. The lowest BCUT2D eigenvalue weighted by Gasteiger charge is -2.40. The largest absolute Gasteiger partial charge is 0.434 e. The Morgan fingerprint density at radius 2 is 1.82 bits per heavy atom. The molecule has 1 unspecified atom stereocenters. The summed E-state index contributed by atoms with van der Waals surface area (Å²) in [7, 11) is 3.86. The molecule has 0 radical (unpaired) electrons. The maximum absolute atomic E-state index is 12.6. The van der Waals surface area contributed by atoms with Crippen molar-refractivity contribution in [1.82, 2.24) is 20.4 Å². The molecule has 1 fully saturated rings. The number of guanidine groups is 1. The number of ether oxygens (including phenoxy) is 1. The number of hydrogen-bond acceptors (Lipinski definition) is 4. The number of piperazine rings is 1. The standard InChI is InChI=1S/C20H33F2N5O/c1-15(2)17(27-11-9-26(4)10-12-27)14-25-20(23-3)24-13-16-7-5-6-8-18(16)28-19(21)22/h5-8,15,17,19H,9-14H2,1-4H3,(H2,23,24,25). The predicted molar refractivity (Wildman–Crippen MR) is 109 cm³/mol. The van der Waals surface area contributed by atoms with E-state index in [-0.39, 0.29) is 5.75 Å². The topological polar surface area (TPSA) is 52.1 Å². The molecule has 28 heavy (non-hydrogen) atoms. The third-order valence-corrected chi connectivity index (χ3v) is 5.11. The first-order valence-corrected chi connectivity index (χ1v) is 9.80. The smallest absolute Gasteiger partial charge is 0.387 e. The molecule has 8 heteroatoms. The van der Waals surface area contributed by atoms with E-state index in [9.17, 15) is 8.78 Å². The summed E-state index contributed by atoms with van der Waals surface area (Å²) in [6, 6.07) is 7.19. The number of para-hydroxylation sites is 1. The first kappa shape index (κ1) is 22.4. The zero-order chi connectivity index (χ0) is 20.5. The molecule has 1 aromatic rings. The average molecular weight is 398 g/mol.